The van der Waals surface area contributed by atoms with Gasteiger partial charge in [0, 0.05) is 6.07 Å². The van der Waals surface area contributed by atoms with Gasteiger partial charge in [0.1, 0.15) is 16.4 Å². The lowest BCUT2D eigenvalue weighted by Gasteiger charge is -2.05. The topological polar surface area (TPSA) is 89.3 Å². The van der Waals surface area contributed by atoms with Crippen LogP contribution in [-0.4, -0.2) is 22.5 Å². The number of nitro benzene ring substituents is 1. The number of thiophene rings is 1. The number of nitro groups is 1. The van der Waals surface area contributed by atoms with Crippen molar-refractivity contribution >= 4 is 56.9 Å². The van der Waals surface area contributed by atoms with E-state index in [1.54, 1.807) is 0 Å². The summed E-state index contributed by atoms with van der Waals surface area (Å²) in [6.45, 7) is 0. The largest absolute Gasteiger partial charge is 0.316 e. The Kier molecular flexibility index (Phi) is 5.12. The number of carbonyl (C=O) groups excluding carboxylic acids is 2. The molecule has 0 aliphatic carbocycles. The van der Waals surface area contributed by atoms with Gasteiger partial charge in [0.25, 0.3) is 5.69 Å². The van der Waals surface area contributed by atoms with Crippen LogP contribution in [0.2, 0.25) is 4.34 Å². The molecule has 114 valence electrons. The van der Waals surface area contributed by atoms with Crippen LogP contribution in [0.25, 0.3) is 0 Å². The summed E-state index contributed by atoms with van der Waals surface area (Å²) in [5.74, 6) is -1.38. The minimum Gasteiger partial charge on any atom is -0.316 e. The van der Waals surface area contributed by atoms with Crippen LogP contribution in [0.5, 0.6) is 0 Å². The quantitative estimate of drug-likeness (QED) is 0.381. The van der Waals surface area contributed by atoms with Gasteiger partial charge in [0.05, 0.1) is 14.8 Å². The molecule has 0 unspecified atom stereocenters. The van der Waals surface area contributed by atoms with E-state index in [4.69, 9.17) is 23.2 Å². The zero-order chi connectivity index (χ0) is 16.3. The second-order valence-corrected chi connectivity index (χ2v) is 6.03. The van der Waals surface area contributed by atoms with Crippen molar-refractivity contribution in [1.82, 2.24) is 0 Å². The molecule has 1 aromatic heterocycles. The number of anilines is 1. The van der Waals surface area contributed by atoms with Crippen LogP contribution in [0.1, 0.15) is 15.9 Å². The molecule has 0 aliphatic rings. The Hall–Kier alpha value is -1.96. The van der Waals surface area contributed by atoms with Crippen LogP contribution in [-0.2, 0) is 4.79 Å². The number of hydrogen-bond acceptors (Lipinski definition) is 5. The summed E-state index contributed by atoms with van der Waals surface area (Å²) in [5.41, 5.74) is -0.310. The first-order valence-electron chi connectivity index (χ1n) is 5.87. The average Bonchev–Trinajstić information content (AvgIpc) is 2.86. The molecular weight excluding hydrogens is 351 g/mol. The minimum absolute atomic E-state index is 0.0802. The van der Waals surface area contributed by atoms with Gasteiger partial charge >= 0.3 is 0 Å². The van der Waals surface area contributed by atoms with E-state index in [-0.39, 0.29) is 32.0 Å². The Balaban J connectivity index is 2.46. The first-order chi connectivity index (χ1) is 10.4. The fourth-order valence-corrected chi connectivity index (χ4v) is 2.96. The Morgan fingerprint density at radius 3 is 2.59 bits per heavy atom. The van der Waals surface area contributed by atoms with E-state index < -0.39 is 16.6 Å². The fraction of sp³-hybridized carbons (Fsp3) is 0.0769. The number of alkyl halides is 1. The summed E-state index contributed by atoms with van der Waals surface area (Å²) in [6, 6.07) is 6.92. The molecule has 1 aromatic carbocycles. The highest BCUT2D eigenvalue weighted by atomic mass is 35.5. The smallest absolute Gasteiger partial charge is 0.280 e. The highest BCUT2D eigenvalue weighted by molar-refractivity contribution is 7.20. The van der Waals surface area contributed by atoms with Gasteiger partial charge in [0.2, 0.25) is 11.7 Å². The van der Waals surface area contributed by atoms with Crippen LogP contribution in [0, 0.1) is 10.1 Å². The number of nitrogens with zero attached hydrogens (tertiary/aromatic N) is 1. The third-order valence-corrected chi connectivity index (χ3v) is 4.09. The predicted octanol–water partition coefficient (Wildman–Crippen LogP) is 3.72. The van der Waals surface area contributed by atoms with Crippen molar-refractivity contribution in [3.8, 4) is 0 Å². The van der Waals surface area contributed by atoms with E-state index in [2.05, 4.69) is 5.32 Å². The van der Waals surface area contributed by atoms with Gasteiger partial charge < -0.3 is 5.32 Å². The number of carbonyl (C=O) groups is 2. The van der Waals surface area contributed by atoms with Gasteiger partial charge in [-0.3, -0.25) is 19.7 Å². The molecule has 1 amide bonds. The van der Waals surface area contributed by atoms with Crippen molar-refractivity contribution in [2.75, 3.05) is 11.2 Å². The van der Waals surface area contributed by atoms with E-state index >= 15 is 0 Å². The van der Waals surface area contributed by atoms with Crippen molar-refractivity contribution in [2.45, 2.75) is 0 Å². The van der Waals surface area contributed by atoms with Gasteiger partial charge in [-0.05, 0) is 12.1 Å². The standard InChI is InChI=1S/C13H8Cl2N2O4S/c14-6-11(18)16-13-8(5-10(15)22-13)12(19)7-3-1-2-4-9(7)17(20)21/h1-5H,6H2,(H,16,18). The first-order valence-corrected chi connectivity index (χ1v) is 7.60. The third-order valence-electron chi connectivity index (χ3n) is 2.67. The monoisotopic (exact) mass is 358 g/mol. The van der Waals surface area contributed by atoms with Gasteiger partial charge in [-0.2, -0.15) is 0 Å². The highest BCUT2D eigenvalue weighted by Crippen LogP contribution is 2.34. The van der Waals surface area contributed by atoms with E-state index in [9.17, 15) is 19.7 Å². The maximum Gasteiger partial charge on any atom is 0.280 e. The molecular formula is C13H8Cl2N2O4S. The number of para-hydroxylation sites is 1. The van der Waals surface area contributed by atoms with Crippen molar-refractivity contribution < 1.29 is 14.5 Å². The van der Waals surface area contributed by atoms with Gasteiger partial charge in [-0.25, -0.2) is 0 Å². The lowest BCUT2D eigenvalue weighted by Crippen LogP contribution is -2.14. The molecule has 0 bridgehead atoms. The van der Waals surface area contributed by atoms with Crippen LogP contribution in [0.4, 0.5) is 10.7 Å². The molecule has 0 saturated heterocycles. The molecule has 2 rings (SSSR count). The molecule has 0 atom stereocenters. The van der Waals surface area contributed by atoms with Crippen molar-refractivity contribution in [1.29, 1.82) is 0 Å². The van der Waals surface area contributed by atoms with Gasteiger partial charge in [-0.15, -0.1) is 22.9 Å². The molecule has 0 fully saturated rings. The second-order valence-electron chi connectivity index (χ2n) is 4.08. The molecule has 0 aliphatic heterocycles. The first kappa shape index (κ1) is 16.4. The van der Waals surface area contributed by atoms with Crippen LogP contribution < -0.4 is 5.32 Å². The molecule has 22 heavy (non-hydrogen) atoms. The molecule has 0 radical (unpaired) electrons. The lowest BCUT2D eigenvalue weighted by atomic mass is 10.0. The van der Waals surface area contributed by atoms with E-state index in [0.29, 0.717) is 0 Å². The molecule has 9 heteroatoms. The second kappa shape index (κ2) is 6.87. The molecule has 0 saturated carbocycles. The summed E-state index contributed by atoms with van der Waals surface area (Å²) in [6.07, 6.45) is 0. The zero-order valence-electron chi connectivity index (χ0n) is 10.8. The number of benzene rings is 1. The summed E-state index contributed by atoms with van der Waals surface area (Å²) in [7, 11) is 0. The number of ketones is 1. The van der Waals surface area contributed by atoms with E-state index in [0.717, 1.165) is 11.3 Å². The summed E-state index contributed by atoms with van der Waals surface area (Å²) < 4.78 is 0.270. The molecule has 6 nitrogen and oxygen atoms in total. The van der Waals surface area contributed by atoms with Gasteiger partial charge in [0.15, 0.2) is 0 Å². The minimum atomic E-state index is -0.641. The maximum atomic E-state index is 12.5. The summed E-state index contributed by atoms with van der Waals surface area (Å²) in [4.78, 5) is 34.3. The predicted molar refractivity (Wildman–Crippen MR) is 85.2 cm³/mol. The Labute approximate surface area is 138 Å². The number of halogens is 2. The molecule has 1 heterocycles. The van der Waals surface area contributed by atoms with Crippen LogP contribution in [0.3, 0.4) is 0 Å². The highest BCUT2D eigenvalue weighted by Gasteiger charge is 2.25. The Morgan fingerprint density at radius 2 is 1.95 bits per heavy atom. The normalized spacial score (nSPS) is 10.3. The molecule has 0 spiro atoms. The maximum absolute atomic E-state index is 12.5. The summed E-state index contributed by atoms with van der Waals surface area (Å²) >= 11 is 12.3. The number of amides is 1. The summed E-state index contributed by atoms with van der Waals surface area (Å²) in [5, 5.41) is 13.7. The molecule has 2 aromatic rings. The van der Waals surface area contributed by atoms with Gasteiger partial charge in [-0.1, -0.05) is 23.7 Å². The number of hydrogen-bond donors (Lipinski definition) is 1. The number of nitrogens with one attached hydrogen (secondary N) is 1. The fourth-order valence-electron chi connectivity index (χ4n) is 1.75. The van der Waals surface area contributed by atoms with E-state index in [1.807, 2.05) is 0 Å². The lowest BCUT2D eigenvalue weighted by molar-refractivity contribution is -0.385. The van der Waals surface area contributed by atoms with E-state index in [1.165, 1.54) is 30.3 Å². The Bertz CT molecular complexity index is 760. The van der Waals surface area contributed by atoms with Crippen LogP contribution >= 0.6 is 34.5 Å². The van der Waals surface area contributed by atoms with Crippen molar-refractivity contribution in [3.05, 3.63) is 55.9 Å². The third kappa shape index (κ3) is 3.44. The van der Waals surface area contributed by atoms with Crippen LogP contribution in [0.15, 0.2) is 30.3 Å². The number of rotatable bonds is 5. The zero-order valence-corrected chi connectivity index (χ0v) is 13.2. The SMILES string of the molecule is O=C(CCl)Nc1sc(Cl)cc1C(=O)c1ccccc1[N+](=O)[O-]. The Morgan fingerprint density at radius 1 is 1.27 bits per heavy atom. The average molecular weight is 359 g/mol. The van der Waals surface area contributed by atoms with Crippen molar-refractivity contribution in [2.24, 2.45) is 0 Å². The van der Waals surface area contributed by atoms with Crippen molar-refractivity contribution in [3.63, 3.8) is 0 Å². The molecule has 1 N–H and O–H groups in total.